The summed E-state index contributed by atoms with van der Waals surface area (Å²) in [5.41, 5.74) is 4.29. The minimum absolute atomic E-state index is 0.204. The molecule has 0 radical (unpaired) electrons. The van der Waals surface area contributed by atoms with Crippen LogP contribution in [0.4, 0.5) is 4.79 Å². The van der Waals surface area contributed by atoms with Crippen molar-refractivity contribution in [2.24, 2.45) is 17.8 Å². The number of nitrogens with zero attached hydrogens (tertiary/aromatic N) is 1. The number of amides is 3. The molecule has 0 aromatic heterocycles. The molecule has 218 valence electrons. The molecule has 3 aromatic carbocycles. The van der Waals surface area contributed by atoms with E-state index in [2.05, 4.69) is 10.8 Å². The molecule has 0 unspecified atom stereocenters. The molecule has 0 bridgehead atoms. The van der Waals surface area contributed by atoms with Crippen LogP contribution in [0.25, 0.3) is 22.4 Å². The monoisotopic (exact) mass is 569 g/mol. The second-order valence-corrected chi connectivity index (χ2v) is 10.8. The summed E-state index contributed by atoms with van der Waals surface area (Å²) in [6, 6.07) is 21.0. The Bertz CT molecular complexity index is 1580. The van der Waals surface area contributed by atoms with Gasteiger partial charge in [-0.05, 0) is 59.4 Å². The van der Waals surface area contributed by atoms with Gasteiger partial charge in [0.1, 0.15) is 5.75 Å². The number of methoxy groups -OCH3 is 1. The van der Waals surface area contributed by atoms with Gasteiger partial charge in [-0.3, -0.25) is 9.59 Å². The lowest BCUT2D eigenvalue weighted by Crippen LogP contribution is -2.40. The Morgan fingerprint density at radius 3 is 2.38 bits per heavy atom. The van der Waals surface area contributed by atoms with Gasteiger partial charge in [-0.15, -0.1) is 0 Å². The van der Waals surface area contributed by atoms with Crippen LogP contribution < -0.4 is 0 Å². The summed E-state index contributed by atoms with van der Waals surface area (Å²) in [6.07, 6.45) is 1.62. The SMILES string of the molecule is CCC1=C([C@H](O)CC/C(=C/c2ccc(O)c3ccccc23)c2ccccc2)[C@H](CO)[C@@H]2C(=O)N(C(=O)OC)C(=O)[C@@H]2C1. The highest BCUT2D eigenvalue weighted by Gasteiger charge is 2.57. The van der Waals surface area contributed by atoms with E-state index in [1.165, 1.54) is 0 Å². The first-order valence-corrected chi connectivity index (χ1v) is 14.2. The van der Waals surface area contributed by atoms with Gasteiger partial charge >= 0.3 is 6.09 Å². The zero-order valence-corrected chi connectivity index (χ0v) is 23.7. The molecule has 2 aliphatic rings. The number of aliphatic hydroxyl groups excluding tert-OH is 2. The van der Waals surface area contributed by atoms with Gasteiger partial charge < -0.3 is 20.1 Å². The van der Waals surface area contributed by atoms with Crippen LogP contribution in [-0.2, 0) is 14.3 Å². The number of aliphatic hydroxyl groups is 2. The molecule has 0 spiro atoms. The zero-order valence-electron chi connectivity index (χ0n) is 23.7. The van der Waals surface area contributed by atoms with Crippen molar-refractivity contribution in [3.63, 3.8) is 0 Å². The number of benzene rings is 3. The van der Waals surface area contributed by atoms with Crippen molar-refractivity contribution >= 4 is 40.3 Å². The van der Waals surface area contributed by atoms with E-state index in [0.717, 1.165) is 40.2 Å². The third-order valence-electron chi connectivity index (χ3n) is 8.62. The average molecular weight is 570 g/mol. The number of ether oxygens (including phenoxy) is 1. The molecule has 42 heavy (non-hydrogen) atoms. The second kappa shape index (κ2) is 12.3. The molecule has 4 atom stereocenters. The summed E-state index contributed by atoms with van der Waals surface area (Å²) in [6.45, 7) is 1.48. The van der Waals surface area contributed by atoms with E-state index >= 15 is 0 Å². The lowest BCUT2D eigenvalue weighted by molar-refractivity contribution is -0.137. The lowest BCUT2D eigenvalue weighted by Gasteiger charge is -2.36. The second-order valence-electron chi connectivity index (χ2n) is 10.8. The average Bonchev–Trinajstić information content (AvgIpc) is 3.27. The number of carbonyl (C=O) groups is 3. The van der Waals surface area contributed by atoms with Gasteiger partial charge in [-0.25, -0.2) is 4.79 Å². The largest absolute Gasteiger partial charge is 0.507 e. The Labute approximate surface area is 244 Å². The maximum atomic E-state index is 13.2. The summed E-state index contributed by atoms with van der Waals surface area (Å²) >= 11 is 0. The topological polar surface area (TPSA) is 124 Å². The Balaban J connectivity index is 1.47. The van der Waals surface area contributed by atoms with Crippen LogP contribution in [0.5, 0.6) is 5.75 Å². The number of imide groups is 3. The molecular formula is C34H35NO7. The molecule has 5 rings (SSSR count). The molecule has 8 nitrogen and oxygen atoms in total. The molecule has 3 amide bonds. The van der Waals surface area contributed by atoms with Gasteiger partial charge in [-0.2, -0.15) is 4.90 Å². The molecule has 1 heterocycles. The third-order valence-corrected chi connectivity index (χ3v) is 8.62. The molecule has 3 N–H and O–H groups in total. The maximum absolute atomic E-state index is 13.2. The van der Waals surface area contributed by atoms with E-state index in [1.54, 1.807) is 6.07 Å². The summed E-state index contributed by atoms with van der Waals surface area (Å²) in [4.78, 5) is 39.0. The van der Waals surface area contributed by atoms with Gasteiger partial charge in [0, 0.05) is 11.3 Å². The predicted octanol–water partition coefficient (Wildman–Crippen LogP) is 5.31. The van der Waals surface area contributed by atoms with E-state index in [1.807, 2.05) is 67.6 Å². The summed E-state index contributed by atoms with van der Waals surface area (Å²) < 4.78 is 4.67. The number of phenolic OH excluding ortho intramolecular Hbond substituents is 1. The third kappa shape index (κ3) is 5.24. The maximum Gasteiger partial charge on any atom is 0.423 e. The molecule has 3 aromatic rings. The number of hydrogen-bond donors (Lipinski definition) is 3. The van der Waals surface area contributed by atoms with Crippen molar-refractivity contribution in [1.29, 1.82) is 0 Å². The number of aromatic hydroxyl groups is 1. The fourth-order valence-corrected chi connectivity index (χ4v) is 6.59. The Hall–Kier alpha value is -4.27. The number of carbonyl (C=O) groups excluding carboxylic acids is 3. The van der Waals surface area contributed by atoms with Gasteiger partial charge in [0.15, 0.2) is 0 Å². The van der Waals surface area contributed by atoms with Crippen molar-refractivity contribution in [3.05, 3.63) is 89.0 Å². The number of hydrogen-bond acceptors (Lipinski definition) is 7. The van der Waals surface area contributed by atoms with Crippen LogP contribution in [0.2, 0.25) is 0 Å². The minimum atomic E-state index is -1.03. The molecule has 1 aliphatic heterocycles. The van der Waals surface area contributed by atoms with Gasteiger partial charge in [0.25, 0.3) is 0 Å². The Kier molecular flexibility index (Phi) is 8.56. The van der Waals surface area contributed by atoms with E-state index in [4.69, 9.17) is 0 Å². The fraction of sp³-hybridized carbons (Fsp3) is 0.324. The Morgan fingerprint density at radius 2 is 1.71 bits per heavy atom. The summed E-state index contributed by atoms with van der Waals surface area (Å²) in [7, 11) is 1.11. The van der Waals surface area contributed by atoms with E-state index < -0.39 is 48.4 Å². The van der Waals surface area contributed by atoms with E-state index in [0.29, 0.717) is 29.7 Å². The van der Waals surface area contributed by atoms with Crippen LogP contribution in [0.3, 0.4) is 0 Å². The highest BCUT2D eigenvalue weighted by molar-refractivity contribution is 6.16. The number of allylic oxidation sites excluding steroid dienone is 2. The van der Waals surface area contributed by atoms with Crippen LogP contribution >= 0.6 is 0 Å². The lowest BCUT2D eigenvalue weighted by atomic mass is 9.67. The molecule has 1 fully saturated rings. The highest BCUT2D eigenvalue weighted by atomic mass is 16.5. The first kappa shape index (κ1) is 29.2. The first-order chi connectivity index (χ1) is 20.3. The van der Waals surface area contributed by atoms with Crippen molar-refractivity contribution in [2.45, 2.75) is 38.7 Å². The summed E-state index contributed by atoms with van der Waals surface area (Å²) in [5, 5.41) is 34.1. The van der Waals surface area contributed by atoms with Gasteiger partial charge in [0.05, 0.1) is 31.7 Å². The van der Waals surface area contributed by atoms with Gasteiger partial charge in [0.2, 0.25) is 11.8 Å². The van der Waals surface area contributed by atoms with Crippen LogP contribution in [0.15, 0.2) is 77.9 Å². The van der Waals surface area contributed by atoms with Crippen LogP contribution in [0, 0.1) is 17.8 Å². The number of fused-ring (bicyclic) bond motifs is 2. The van der Waals surface area contributed by atoms with E-state index in [-0.39, 0.29) is 12.2 Å². The molecule has 0 saturated carbocycles. The normalized spacial score (nSPS) is 21.6. The number of likely N-dealkylation sites (tertiary alicyclic amines) is 1. The van der Waals surface area contributed by atoms with Crippen molar-refractivity contribution in [2.75, 3.05) is 13.7 Å². The molecule has 8 heteroatoms. The van der Waals surface area contributed by atoms with Crippen molar-refractivity contribution in [1.82, 2.24) is 4.90 Å². The molecule has 1 saturated heterocycles. The fourth-order valence-electron chi connectivity index (χ4n) is 6.59. The summed E-state index contributed by atoms with van der Waals surface area (Å²) in [5.74, 6) is -3.61. The number of rotatable bonds is 8. The van der Waals surface area contributed by atoms with Gasteiger partial charge in [-0.1, -0.05) is 79.2 Å². The van der Waals surface area contributed by atoms with Crippen molar-refractivity contribution in [3.8, 4) is 5.75 Å². The smallest absolute Gasteiger partial charge is 0.423 e. The Morgan fingerprint density at radius 1 is 1.02 bits per heavy atom. The van der Waals surface area contributed by atoms with Crippen molar-refractivity contribution < 1.29 is 34.4 Å². The quantitative estimate of drug-likeness (QED) is 0.191. The number of phenols is 1. The molecular weight excluding hydrogens is 534 g/mol. The highest BCUT2D eigenvalue weighted by Crippen LogP contribution is 2.47. The van der Waals surface area contributed by atoms with Crippen LogP contribution in [-0.4, -0.2) is 57.9 Å². The molecule has 1 aliphatic carbocycles. The zero-order chi connectivity index (χ0) is 30.0. The van der Waals surface area contributed by atoms with E-state index in [9.17, 15) is 29.7 Å². The standard InChI is InChI=1S/C34H35NO7/c1-3-20-18-26-31(33(40)35(32(26)39)34(41)42-2)27(19-36)30(20)29(38)16-13-22(21-9-5-4-6-10-21)17-23-14-15-28(37)25-12-8-7-11-24(23)25/h4-12,14-15,17,26-27,29,31,36-38H,3,13,16,18-19H2,1-2H3/b22-17-/t26-,27+,29-,31-/m1/s1. The predicted molar refractivity (Wildman–Crippen MR) is 159 cm³/mol. The van der Waals surface area contributed by atoms with Crippen LogP contribution in [0.1, 0.15) is 43.7 Å². The first-order valence-electron chi connectivity index (χ1n) is 14.2. The minimum Gasteiger partial charge on any atom is -0.507 e.